The minimum atomic E-state index is -0.513. The predicted octanol–water partition coefficient (Wildman–Crippen LogP) is 4.88. The van der Waals surface area contributed by atoms with E-state index in [2.05, 4.69) is 34.6 Å². The Morgan fingerprint density at radius 2 is 2.05 bits per heavy atom. The van der Waals surface area contributed by atoms with Crippen LogP contribution in [0.15, 0.2) is 28.6 Å². The molecule has 0 amide bonds. The number of anilines is 2. The van der Waals surface area contributed by atoms with E-state index >= 15 is 0 Å². The molecule has 0 spiro atoms. The normalized spacial score (nSPS) is 19.9. The Bertz CT molecular complexity index is 598. The van der Waals surface area contributed by atoms with Crippen molar-refractivity contribution < 1.29 is 0 Å². The van der Waals surface area contributed by atoms with Gasteiger partial charge < -0.3 is 5.32 Å². The average Bonchev–Trinajstić information content (AvgIpc) is 2.82. The highest BCUT2D eigenvalue weighted by Crippen LogP contribution is 2.55. The fourth-order valence-corrected chi connectivity index (χ4v) is 4.43. The first-order valence-electron chi connectivity index (χ1n) is 6.21. The van der Waals surface area contributed by atoms with Gasteiger partial charge in [-0.1, -0.05) is 40.8 Å². The van der Waals surface area contributed by atoms with Crippen LogP contribution in [0.4, 0.5) is 10.8 Å². The molecule has 20 heavy (non-hydrogen) atoms. The number of alkyl halides is 2. The largest absolute Gasteiger partial charge is 0.330 e. The van der Waals surface area contributed by atoms with Gasteiger partial charge in [0.25, 0.3) is 0 Å². The summed E-state index contributed by atoms with van der Waals surface area (Å²) in [5.74, 6) is 1.26. The Morgan fingerprint density at radius 3 is 2.70 bits per heavy atom. The zero-order valence-corrected chi connectivity index (χ0v) is 13.9. The van der Waals surface area contributed by atoms with Crippen LogP contribution in [-0.2, 0) is 0 Å². The minimum absolute atomic E-state index is 0.369. The second-order valence-electron chi connectivity index (χ2n) is 4.84. The van der Waals surface area contributed by atoms with E-state index in [1.807, 2.05) is 12.1 Å². The van der Waals surface area contributed by atoms with Crippen LogP contribution in [0.5, 0.6) is 0 Å². The maximum Gasteiger partial charge on any atom is 0.210 e. The summed E-state index contributed by atoms with van der Waals surface area (Å²) in [4.78, 5) is 0. The van der Waals surface area contributed by atoms with Crippen molar-refractivity contribution in [3.8, 4) is 0 Å². The van der Waals surface area contributed by atoms with Gasteiger partial charge in [0.2, 0.25) is 5.13 Å². The molecule has 0 unspecified atom stereocenters. The van der Waals surface area contributed by atoms with E-state index in [0.717, 1.165) is 27.3 Å². The number of benzene rings is 1. The van der Waals surface area contributed by atoms with E-state index in [1.165, 1.54) is 5.56 Å². The van der Waals surface area contributed by atoms with Crippen LogP contribution in [0.2, 0.25) is 0 Å². The Hall–Kier alpha value is -0.490. The molecule has 0 radical (unpaired) electrons. The van der Waals surface area contributed by atoms with Crippen molar-refractivity contribution in [2.45, 2.75) is 22.0 Å². The summed E-state index contributed by atoms with van der Waals surface area (Å²) < 4.78 is 0.427. The number of nitrogens with one attached hydrogen (secondary N) is 1. The van der Waals surface area contributed by atoms with Gasteiger partial charge in [-0.05, 0) is 25.5 Å². The summed E-state index contributed by atoms with van der Waals surface area (Å²) in [7, 11) is 0. The number of hydrogen-bond donors (Lipinski definition) is 1. The lowest BCUT2D eigenvalue weighted by Gasteiger charge is -2.01. The maximum atomic E-state index is 6.01. The molecule has 3 nitrogen and oxygen atoms in total. The van der Waals surface area contributed by atoms with Crippen LogP contribution in [0, 0.1) is 12.8 Å². The molecular formula is C13H13Cl2N3S2. The van der Waals surface area contributed by atoms with E-state index < -0.39 is 4.33 Å². The molecular weight excluding hydrogens is 333 g/mol. The van der Waals surface area contributed by atoms with Gasteiger partial charge in [-0.2, -0.15) is 0 Å². The van der Waals surface area contributed by atoms with Gasteiger partial charge in [0.05, 0.1) is 0 Å². The molecule has 1 atom stereocenters. The Balaban J connectivity index is 1.55. The molecule has 3 rings (SSSR count). The van der Waals surface area contributed by atoms with Crippen LogP contribution < -0.4 is 5.32 Å². The van der Waals surface area contributed by atoms with Crippen molar-refractivity contribution in [2.75, 3.05) is 11.1 Å². The molecule has 7 heteroatoms. The zero-order chi connectivity index (χ0) is 14.2. The monoisotopic (exact) mass is 345 g/mol. The Morgan fingerprint density at radius 1 is 1.35 bits per heavy atom. The van der Waals surface area contributed by atoms with Crippen molar-refractivity contribution >= 4 is 57.1 Å². The van der Waals surface area contributed by atoms with Crippen molar-refractivity contribution in [1.82, 2.24) is 10.2 Å². The topological polar surface area (TPSA) is 37.8 Å². The van der Waals surface area contributed by atoms with Gasteiger partial charge in [0.15, 0.2) is 4.34 Å². The van der Waals surface area contributed by atoms with Crippen LogP contribution in [0.1, 0.15) is 12.0 Å². The summed E-state index contributed by atoms with van der Waals surface area (Å²) in [6.45, 7) is 2.06. The van der Waals surface area contributed by atoms with Crippen molar-refractivity contribution in [3.05, 3.63) is 29.8 Å². The summed E-state index contributed by atoms with van der Waals surface area (Å²) in [5, 5.41) is 12.4. The standard InChI is InChI=1S/C13H13Cl2N3S2/c1-8-2-4-10(5-3-8)16-11-17-18-12(20-11)19-7-9-6-13(9,14)15/h2-5,9H,6-7H2,1H3,(H,16,17)/t9-/m1/s1. The van der Waals surface area contributed by atoms with Crippen molar-refractivity contribution in [2.24, 2.45) is 5.92 Å². The van der Waals surface area contributed by atoms with E-state index in [0.29, 0.717) is 5.92 Å². The molecule has 1 aromatic carbocycles. The molecule has 0 bridgehead atoms. The number of aryl methyl sites for hydroxylation is 1. The number of rotatable bonds is 5. The Labute approximate surface area is 136 Å². The van der Waals surface area contributed by atoms with Crippen LogP contribution >= 0.6 is 46.3 Å². The summed E-state index contributed by atoms with van der Waals surface area (Å²) in [6.07, 6.45) is 0.871. The minimum Gasteiger partial charge on any atom is -0.330 e. The lowest BCUT2D eigenvalue weighted by Crippen LogP contribution is -1.92. The van der Waals surface area contributed by atoms with Crippen molar-refractivity contribution in [3.63, 3.8) is 0 Å². The second-order valence-corrected chi connectivity index (χ2v) is 8.62. The molecule has 1 aliphatic rings. The fourth-order valence-electron chi connectivity index (χ4n) is 1.70. The third-order valence-corrected chi connectivity index (χ3v) is 6.13. The number of hydrogen-bond acceptors (Lipinski definition) is 5. The smallest absolute Gasteiger partial charge is 0.210 e. The number of aromatic nitrogens is 2. The summed E-state index contributed by atoms with van der Waals surface area (Å²) in [5.41, 5.74) is 2.25. The van der Waals surface area contributed by atoms with Gasteiger partial charge >= 0.3 is 0 Å². The van der Waals surface area contributed by atoms with E-state index in [-0.39, 0.29) is 0 Å². The SMILES string of the molecule is Cc1ccc(Nc2nnc(SC[C@H]3CC3(Cl)Cl)s2)cc1. The molecule has 106 valence electrons. The third-order valence-electron chi connectivity index (χ3n) is 3.07. The lowest BCUT2D eigenvalue weighted by atomic mass is 10.2. The van der Waals surface area contributed by atoms with Crippen LogP contribution in [0.3, 0.4) is 0 Å². The van der Waals surface area contributed by atoms with Crippen LogP contribution in [-0.4, -0.2) is 20.3 Å². The maximum absolute atomic E-state index is 6.01. The van der Waals surface area contributed by atoms with Crippen molar-refractivity contribution in [1.29, 1.82) is 0 Å². The van der Waals surface area contributed by atoms with E-state index in [1.54, 1.807) is 23.1 Å². The molecule has 1 fully saturated rings. The van der Waals surface area contributed by atoms with E-state index in [9.17, 15) is 0 Å². The number of halogens is 2. The average molecular weight is 346 g/mol. The molecule has 0 saturated heterocycles. The van der Waals surface area contributed by atoms with Gasteiger partial charge in [0.1, 0.15) is 4.33 Å². The third kappa shape index (κ3) is 3.58. The molecule has 1 heterocycles. The van der Waals surface area contributed by atoms with Gasteiger partial charge in [-0.3, -0.25) is 0 Å². The second kappa shape index (κ2) is 5.72. The molecule has 2 aromatic rings. The molecule has 1 aliphatic carbocycles. The number of thioether (sulfide) groups is 1. The van der Waals surface area contributed by atoms with Gasteiger partial charge in [-0.25, -0.2) is 0 Å². The first-order chi connectivity index (χ1) is 9.53. The van der Waals surface area contributed by atoms with Gasteiger partial charge in [-0.15, -0.1) is 33.4 Å². The fraction of sp³-hybridized carbons (Fsp3) is 0.385. The highest BCUT2D eigenvalue weighted by molar-refractivity contribution is 8.01. The predicted molar refractivity (Wildman–Crippen MR) is 87.6 cm³/mol. The van der Waals surface area contributed by atoms with E-state index in [4.69, 9.17) is 23.2 Å². The quantitative estimate of drug-likeness (QED) is 0.619. The highest BCUT2D eigenvalue weighted by Gasteiger charge is 2.51. The molecule has 1 saturated carbocycles. The first-order valence-corrected chi connectivity index (χ1v) is 8.76. The molecule has 1 N–H and O–H groups in total. The molecule has 1 aromatic heterocycles. The summed E-state index contributed by atoms with van der Waals surface area (Å²) >= 11 is 15.2. The highest BCUT2D eigenvalue weighted by atomic mass is 35.5. The van der Waals surface area contributed by atoms with Gasteiger partial charge in [0, 0.05) is 17.4 Å². The molecule has 0 aliphatic heterocycles. The number of nitrogens with zero attached hydrogens (tertiary/aromatic N) is 2. The summed E-state index contributed by atoms with van der Waals surface area (Å²) in [6, 6.07) is 8.19. The zero-order valence-electron chi connectivity index (χ0n) is 10.8. The Kier molecular flexibility index (Phi) is 4.13. The van der Waals surface area contributed by atoms with Crippen LogP contribution in [0.25, 0.3) is 0 Å². The lowest BCUT2D eigenvalue weighted by molar-refractivity contribution is 0.967. The first kappa shape index (κ1) is 14.4.